The zero-order valence-corrected chi connectivity index (χ0v) is 11.3. The van der Waals surface area contributed by atoms with Crippen molar-refractivity contribution in [2.24, 2.45) is 0 Å². The van der Waals surface area contributed by atoms with Crippen molar-refractivity contribution in [3.05, 3.63) is 35.5 Å². The topological polar surface area (TPSA) is 32.3 Å². The number of anilines is 1. The molecule has 3 heteroatoms. The maximum absolute atomic E-state index is 11.9. The van der Waals surface area contributed by atoms with Crippen molar-refractivity contribution in [2.75, 3.05) is 18.9 Å². The summed E-state index contributed by atoms with van der Waals surface area (Å²) in [6.45, 7) is 5.18. The van der Waals surface area contributed by atoms with E-state index in [1.807, 2.05) is 38.4 Å². The molecule has 0 bridgehead atoms. The van der Waals surface area contributed by atoms with Crippen LogP contribution in [0, 0.1) is 6.92 Å². The highest BCUT2D eigenvalue weighted by atomic mass is 16.2. The number of hydrogen-bond acceptors (Lipinski definition) is 2. The average molecular weight is 244 g/mol. The van der Waals surface area contributed by atoms with Crippen LogP contribution in [0.25, 0.3) is 5.57 Å². The number of benzene rings is 1. The molecule has 1 aliphatic rings. The zero-order chi connectivity index (χ0) is 13.1. The van der Waals surface area contributed by atoms with Crippen molar-refractivity contribution >= 4 is 17.2 Å². The van der Waals surface area contributed by atoms with Gasteiger partial charge in [-0.3, -0.25) is 4.79 Å². The summed E-state index contributed by atoms with van der Waals surface area (Å²) in [7, 11) is 2.02. The smallest absolute Gasteiger partial charge is 0.257 e. The Balaban J connectivity index is 2.24. The molecule has 96 valence electrons. The molecule has 0 saturated heterocycles. The molecule has 0 aliphatic carbocycles. The van der Waals surface area contributed by atoms with Crippen molar-refractivity contribution in [1.29, 1.82) is 0 Å². The van der Waals surface area contributed by atoms with Gasteiger partial charge in [0.15, 0.2) is 0 Å². The van der Waals surface area contributed by atoms with Gasteiger partial charge in [-0.1, -0.05) is 25.5 Å². The van der Waals surface area contributed by atoms with Crippen LogP contribution in [-0.4, -0.2) is 24.4 Å². The lowest BCUT2D eigenvalue weighted by Gasteiger charge is -2.14. The van der Waals surface area contributed by atoms with E-state index in [1.165, 1.54) is 0 Å². The van der Waals surface area contributed by atoms with Crippen molar-refractivity contribution < 1.29 is 4.79 Å². The molecule has 18 heavy (non-hydrogen) atoms. The molecule has 3 nitrogen and oxygen atoms in total. The zero-order valence-electron chi connectivity index (χ0n) is 11.3. The van der Waals surface area contributed by atoms with E-state index in [1.54, 1.807) is 0 Å². The lowest BCUT2D eigenvalue weighted by Crippen LogP contribution is -2.14. The van der Waals surface area contributed by atoms with Crippen LogP contribution in [0.1, 0.15) is 30.9 Å². The number of amides is 1. The van der Waals surface area contributed by atoms with Crippen LogP contribution in [0.4, 0.5) is 5.69 Å². The summed E-state index contributed by atoms with van der Waals surface area (Å²) in [5.41, 5.74) is 3.86. The van der Waals surface area contributed by atoms with Crippen LogP contribution in [0.3, 0.4) is 0 Å². The van der Waals surface area contributed by atoms with E-state index < -0.39 is 0 Å². The Morgan fingerprint density at radius 2 is 2.17 bits per heavy atom. The number of rotatable bonds is 4. The van der Waals surface area contributed by atoms with Gasteiger partial charge in [-0.2, -0.15) is 0 Å². The number of carbonyl (C=O) groups excluding carboxylic acids is 1. The summed E-state index contributed by atoms with van der Waals surface area (Å²) in [4.78, 5) is 14.0. The van der Waals surface area contributed by atoms with Crippen LogP contribution in [-0.2, 0) is 4.79 Å². The number of aryl methyl sites for hydroxylation is 1. The molecule has 2 rings (SSSR count). The average Bonchev–Trinajstić information content (AvgIpc) is 2.62. The van der Waals surface area contributed by atoms with E-state index >= 15 is 0 Å². The van der Waals surface area contributed by atoms with Crippen LogP contribution in [0.15, 0.2) is 24.4 Å². The third kappa shape index (κ3) is 2.55. The lowest BCUT2D eigenvalue weighted by atomic mass is 10.1. The number of nitrogens with zero attached hydrogens (tertiary/aromatic N) is 1. The molecule has 1 aromatic carbocycles. The van der Waals surface area contributed by atoms with Crippen molar-refractivity contribution in [1.82, 2.24) is 4.90 Å². The predicted molar refractivity (Wildman–Crippen MR) is 75.3 cm³/mol. The van der Waals surface area contributed by atoms with Gasteiger partial charge in [-0.15, -0.1) is 0 Å². The van der Waals surface area contributed by atoms with E-state index in [4.69, 9.17) is 0 Å². The second-order valence-corrected chi connectivity index (χ2v) is 4.88. The Morgan fingerprint density at radius 1 is 1.39 bits per heavy atom. The van der Waals surface area contributed by atoms with Crippen molar-refractivity contribution in [3.63, 3.8) is 0 Å². The van der Waals surface area contributed by atoms with Crippen molar-refractivity contribution in [2.45, 2.75) is 26.7 Å². The molecule has 1 aromatic rings. The normalized spacial score (nSPS) is 15.7. The maximum Gasteiger partial charge on any atom is 0.257 e. The molecule has 1 N–H and O–H groups in total. The van der Waals surface area contributed by atoms with E-state index in [9.17, 15) is 4.79 Å². The first-order valence-electron chi connectivity index (χ1n) is 6.46. The van der Waals surface area contributed by atoms with Crippen LogP contribution in [0.2, 0.25) is 0 Å². The Morgan fingerprint density at radius 3 is 2.89 bits per heavy atom. The first kappa shape index (κ1) is 12.7. The first-order chi connectivity index (χ1) is 8.61. The van der Waals surface area contributed by atoms with Gasteiger partial charge in [0.25, 0.3) is 5.91 Å². The van der Waals surface area contributed by atoms with Crippen LogP contribution >= 0.6 is 0 Å². The SMILES string of the molecule is CCCCN(C)/C=C1/C(=O)Nc2cc(C)ccc21. The molecule has 0 aromatic heterocycles. The number of unbranched alkanes of at least 4 members (excludes halogenated alkanes) is 1. The molecule has 0 fully saturated rings. The Bertz CT molecular complexity index is 491. The molecular weight excluding hydrogens is 224 g/mol. The fourth-order valence-electron chi connectivity index (χ4n) is 2.13. The van der Waals surface area contributed by atoms with Gasteiger partial charge in [0.2, 0.25) is 0 Å². The van der Waals surface area contributed by atoms with E-state index in [0.717, 1.165) is 41.8 Å². The van der Waals surface area contributed by atoms with Gasteiger partial charge in [0.05, 0.1) is 5.57 Å². The van der Waals surface area contributed by atoms with Gasteiger partial charge in [-0.25, -0.2) is 0 Å². The second-order valence-electron chi connectivity index (χ2n) is 4.88. The number of nitrogens with one attached hydrogen (secondary N) is 1. The van der Waals surface area contributed by atoms with Crippen molar-refractivity contribution in [3.8, 4) is 0 Å². The Hall–Kier alpha value is -1.77. The summed E-state index contributed by atoms with van der Waals surface area (Å²) >= 11 is 0. The minimum atomic E-state index is -0.000974. The fourth-order valence-corrected chi connectivity index (χ4v) is 2.13. The summed E-state index contributed by atoms with van der Waals surface area (Å²) in [5.74, 6) is -0.000974. The van der Waals surface area contributed by atoms with Gasteiger partial charge < -0.3 is 10.2 Å². The Kier molecular flexibility index (Phi) is 3.70. The minimum absolute atomic E-state index is 0.000974. The standard InChI is InChI=1S/C15H20N2O/c1-4-5-8-17(3)10-13-12-7-6-11(2)9-14(12)16-15(13)18/h6-7,9-10H,4-5,8H2,1-3H3,(H,16,18)/b13-10+. The maximum atomic E-state index is 11.9. The highest BCUT2D eigenvalue weighted by Crippen LogP contribution is 2.32. The van der Waals surface area contributed by atoms with Gasteiger partial charge in [0, 0.05) is 31.0 Å². The highest BCUT2D eigenvalue weighted by Gasteiger charge is 2.24. The lowest BCUT2D eigenvalue weighted by molar-refractivity contribution is -0.110. The number of carbonyl (C=O) groups is 1. The summed E-state index contributed by atoms with van der Waals surface area (Å²) in [5, 5.41) is 2.92. The van der Waals surface area contributed by atoms with E-state index in [2.05, 4.69) is 17.1 Å². The van der Waals surface area contributed by atoms with Crippen LogP contribution < -0.4 is 5.32 Å². The fraction of sp³-hybridized carbons (Fsp3) is 0.400. The summed E-state index contributed by atoms with van der Waals surface area (Å²) in [6.07, 6.45) is 4.25. The highest BCUT2D eigenvalue weighted by molar-refractivity contribution is 6.31. The first-order valence-corrected chi connectivity index (χ1v) is 6.46. The predicted octanol–water partition coefficient (Wildman–Crippen LogP) is 3.02. The third-order valence-corrected chi connectivity index (χ3v) is 3.17. The van der Waals surface area contributed by atoms with Crippen LogP contribution in [0.5, 0.6) is 0 Å². The quantitative estimate of drug-likeness (QED) is 0.826. The second kappa shape index (κ2) is 5.25. The number of fused-ring (bicyclic) bond motifs is 1. The molecule has 1 amide bonds. The van der Waals surface area contributed by atoms with Gasteiger partial charge in [-0.05, 0) is 25.0 Å². The van der Waals surface area contributed by atoms with E-state index in [0.29, 0.717) is 0 Å². The minimum Gasteiger partial charge on any atom is -0.380 e. The molecule has 1 heterocycles. The van der Waals surface area contributed by atoms with Gasteiger partial charge in [0.1, 0.15) is 0 Å². The largest absolute Gasteiger partial charge is 0.380 e. The monoisotopic (exact) mass is 244 g/mol. The molecule has 0 spiro atoms. The molecule has 0 saturated carbocycles. The van der Waals surface area contributed by atoms with Gasteiger partial charge >= 0.3 is 0 Å². The third-order valence-electron chi connectivity index (χ3n) is 3.17. The van der Waals surface area contributed by atoms with E-state index in [-0.39, 0.29) is 5.91 Å². The summed E-state index contributed by atoms with van der Waals surface area (Å²) < 4.78 is 0. The molecule has 0 radical (unpaired) electrons. The summed E-state index contributed by atoms with van der Waals surface area (Å²) in [6, 6.07) is 6.07. The number of hydrogen-bond donors (Lipinski definition) is 1. The Labute approximate surface area is 108 Å². The molecule has 1 aliphatic heterocycles. The molecule has 0 unspecified atom stereocenters. The molecular formula is C15H20N2O. The molecule has 0 atom stereocenters.